The Bertz CT molecular complexity index is 1110. The number of fused-ring (bicyclic) bond motifs is 1. The molecule has 1 heterocycles. The van der Waals surface area contributed by atoms with Crippen LogP contribution < -0.4 is 10.1 Å². The Morgan fingerprint density at radius 1 is 1.13 bits per heavy atom. The Morgan fingerprint density at radius 3 is 2.71 bits per heavy atom. The lowest BCUT2D eigenvalue weighted by molar-refractivity contribution is 0.0601. The third kappa shape index (κ3) is 4.83. The molecule has 1 aliphatic carbocycles. The summed E-state index contributed by atoms with van der Waals surface area (Å²) in [7, 11) is 1.36. The summed E-state index contributed by atoms with van der Waals surface area (Å²) in [5.41, 5.74) is 3.06. The van der Waals surface area contributed by atoms with Crippen molar-refractivity contribution < 1.29 is 19.1 Å². The van der Waals surface area contributed by atoms with Gasteiger partial charge in [0, 0.05) is 15.8 Å². The van der Waals surface area contributed by atoms with Crippen molar-refractivity contribution in [3.8, 4) is 5.75 Å². The van der Waals surface area contributed by atoms with Gasteiger partial charge in [-0.05, 0) is 48.6 Å². The maximum atomic E-state index is 13.2. The molecule has 1 aromatic heterocycles. The van der Waals surface area contributed by atoms with Crippen LogP contribution in [0.15, 0.2) is 53.0 Å². The standard InChI is InChI=1S/C24H22BrNO4S/c1-29-24(28)21-17-8-5-9-20(17)31-23(21)26-22(27)18-14-16(25)10-11-19(18)30-13-12-15-6-3-2-4-7-15/h2-4,6-7,10-11,14H,5,8-9,12-13H2,1H3,(H,26,27). The van der Waals surface area contributed by atoms with Gasteiger partial charge in [0.25, 0.3) is 5.91 Å². The molecule has 0 saturated heterocycles. The number of methoxy groups -OCH3 is 1. The number of hydrogen-bond acceptors (Lipinski definition) is 5. The van der Waals surface area contributed by atoms with E-state index in [4.69, 9.17) is 9.47 Å². The van der Waals surface area contributed by atoms with Gasteiger partial charge in [-0.15, -0.1) is 11.3 Å². The van der Waals surface area contributed by atoms with E-state index in [0.717, 1.165) is 40.6 Å². The maximum Gasteiger partial charge on any atom is 0.341 e. The average Bonchev–Trinajstić information content (AvgIpc) is 3.35. The summed E-state index contributed by atoms with van der Waals surface area (Å²) in [6.45, 7) is 0.451. The van der Waals surface area contributed by atoms with Crippen molar-refractivity contribution in [3.05, 3.63) is 80.1 Å². The van der Waals surface area contributed by atoms with Crippen LogP contribution in [0.3, 0.4) is 0 Å². The van der Waals surface area contributed by atoms with Gasteiger partial charge in [0.05, 0.1) is 24.8 Å². The van der Waals surface area contributed by atoms with Crippen LogP contribution >= 0.6 is 27.3 Å². The second-order valence-electron chi connectivity index (χ2n) is 7.23. The first-order valence-electron chi connectivity index (χ1n) is 10.1. The molecule has 0 saturated carbocycles. The molecule has 1 aliphatic rings. The molecular formula is C24H22BrNO4S. The Kier molecular flexibility index (Phi) is 6.73. The van der Waals surface area contributed by atoms with Crippen molar-refractivity contribution in [2.24, 2.45) is 0 Å². The molecule has 5 nitrogen and oxygen atoms in total. The molecule has 0 spiro atoms. The Morgan fingerprint density at radius 2 is 1.94 bits per heavy atom. The van der Waals surface area contributed by atoms with Crippen molar-refractivity contribution in [3.63, 3.8) is 0 Å². The highest BCUT2D eigenvalue weighted by Gasteiger charge is 2.28. The maximum absolute atomic E-state index is 13.2. The number of carbonyl (C=O) groups excluding carboxylic acids is 2. The summed E-state index contributed by atoms with van der Waals surface area (Å²) in [5, 5.41) is 3.46. The molecule has 31 heavy (non-hydrogen) atoms. The molecule has 2 aromatic carbocycles. The van der Waals surface area contributed by atoms with Crippen molar-refractivity contribution >= 4 is 44.1 Å². The van der Waals surface area contributed by atoms with E-state index < -0.39 is 5.97 Å². The average molecular weight is 500 g/mol. The van der Waals surface area contributed by atoms with E-state index in [2.05, 4.69) is 21.2 Å². The first-order chi connectivity index (χ1) is 15.1. The quantitative estimate of drug-likeness (QED) is 0.426. The van der Waals surface area contributed by atoms with E-state index in [0.29, 0.717) is 28.5 Å². The summed E-state index contributed by atoms with van der Waals surface area (Å²) in [5.74, 6) is -0.232. The highest BCUT2D eigenvalue weighted by molar-refractivity contribution is 9.10. The molecule has 3 aromatic rings. The highest BCUT2D eigenvalue weighted by atomic mass is 79.9. The van der Waals surface area contributed by atoms with Crippen molar-refractivity contribution in [2.45, 2.75) is 25.7 Å². The van der Waals surface area contributed by atoms with Gasteiger partial charge >= 0.3 is 5.97 Å². The van der Waals surface area contributed by atoms with Crippen molar-refractivity contribution in [1.82, 2.24) is 0 Å². The molecule has 0 radical (unpaired) electrons. The summed E-state index contributed by atoms with van der Waals surface area (Å²) in [4.78, 5) is 26.7. The predicted octanol–water partition coefficient (Wildman–Crippen LogP) is 5.66. The number of aryl methyl sites for hydroxylation is 1. The van der Waals surface area contributed by atoms with Gasteiger partial charge in [-0.2, -0.15) is 0 Å². The lowest BCUT2D eigenvalue weighted by atomic mass is 10.1. The fourth-order valence-corrected chi connectivity index (χ4v) is 5.34. The van der Waals surface area contributed by atoms with Gasteiger partial charge in [0.2, 0.25) is 0 Å². The summed E-state index contributed by atoms with van der Waals surface area (Å²) in [6, 6.07) is 15.4. The SMILES string of the molecule is COC(=O)c1c(NC(=O)c2cc(Br)ccc2OCCc2ccccc2)sc2c1CCC2. The number of rotatable bonds is 7. The highest BCUT2D eigenvalue weighted by Crippen LogP contribution is 2.40. The van der Waals surface area contributed by atoms with E-state index in [1.807, 2.05) is 36.4 Å². The minimum Gasteiger partial charge on any atom is -0.492 e. The number of carbonyl (C=O) groups is 2. The zero-order chi connectivity index (χ0) is 21.8. The first kappa shape index (κ1) is 21.6. The Labute approximate surface area is 193 Å². The van der Waals surface area contributed by atoms with Crippen LogP contribution in [0.1, 0.15) is 43.1 Å². The van der Waals surface area contributed by atoms with Gasteiger partial charge in [-0.25, -0.2) is 4.79 Å². The third-order valence-electron chi connectivity index (χ3n) is 5.22. The number of nitrogens with one attached hydrogen (secondary N) is 1. The number of ether oxygens (including phenoxy) is 2. The second kappa shape index (κ2) is 9.66. The first-order valence-corrected chi connectivity index (χ1v) is 11.7. The van der Waals surface area contributed by atoms with Gasteiger partial charge in [0.15, 0.2) is 0 Å². The van der Waals surface area contributed by atoms with Gasteiger partial charge in [-0.3, -0.25) is 4.79 Å². The normalized spacial score (nSPS) is 12.3. The minimum absolute atomic E-state index is 0.318. The predicted molar refractivity (Wildman–Crippen MR) is 125 cm³/mol. The topological polar surface area (TPSA) is 64.6 Å². The number of amides is 1. The third-order valence-corrected chi connectivity index (χ3v) is 6.92. The zero-order valence-electron chi connectivity index (χ0n) is 17.1. The van der Waals surface area contributed by atoms with E-state index in [1.54, 1.807) is 12.1 Å². The Hall–Kier alpha value is -2.64. The lowest BCUT2D eigenvalue weighted by Crippen LogP contribution is -2.16. The van der Waals surface area contributed by atoms with E-state index in [9.17, 15) is 9.59 Å². The Balaban J connectivity index is 1.54. The summed E-state index contributed by atoms with van der Waals surface area (Å²) in [6.07, 6.45) is 3.51. The summed E-state index contributed by atoms with van der Waals surface area (Å²) >= 11 is 4.89. The number of benzene rings is 2. The number of anilines is 1. The molecule has 0 fully saturated rings. The fourth-order valence-electron chi connectivity index (χ4n) is 3.71. The fraction of sp³-hybridized carbons (Fsp3) is 0.250. The van der Waals surface area contributed by atoms with Crippen LogP contribution in [0.2, 0.25) is 0 Å². The number of esters is 1. The number of thiophene rings is 1. The molecule has 0 atom stereocenters. The molecule has 0 aliphatic heterocycles. The minimum atomic E-state index is -0.414. The van der Waals surface area contributed by atoms with Crippen LogP contribution in [-0.2, 0) is 24.0 Å². The monoisotopic (exact) mass is 499 g/mol. The van der Waals surface area contributed by atoms with Crippen molar-refractivity contribution in [2.75, 3.05) is 19.0 Å². The number of halogens is 1. The molecule has 0 unspecified atom stereocenters. The number of hydrogen-bond donors (Lipinski definition) is 1. The molecule has 1 N–H and O–H groups in total. The smallest absolute Gasteiger partial charge is 0.341 e. The zero-order valence-corrected chi connectivity index (χ0v) is 19.5. The molecule has 4 rings (SSSR count). The molecule has 0 bridgehead atoms. The van der Waals surface area contributed by atoms with Crippen molar-refractivity contribution in [1.29, 1.82) is 0 Å². The van der Waals surface area contributed by atoms with Crippen LogP contribution in [0.4, 0.5) is 5.00 Å². The van der Waals surface area contributed by atoms with E-state index in [1.165, 1.54) is 24.0 Å². The van der Waals surface area contributed by atoms with Gasteiger partial charge in [-0.1, -0.05) is 46.3 Å². The molecule has 1 amide bonds. The molecule has 7 heteroatoms. The van der Waals surface area contributed by atoms with E-state index >= 15 is 0 Å². The van der Waals surface area contributed by atoms with Crippen LogP contribution in [0, 0.1) is 0 Å². The van der Waals surface area contributed by atoms with Crippen LogP contribution in [0.5, 0.6) is 5.75 Å². The molecular weight excluding hydrogens is 478 g/mol. The van der Waals surface area contributed by atoms with Crippen LogP contribution in [0.25, 0.3) is 0 Å². The van der Waals surface area contributed by atoms with E-state index in [-0.39, 0.29) is 5.91 Å². The van der Waals surface area contributed by atoms with Gasteiger partial charge < -0.3 is 14.8 Å². The summed E-state index contributed by atoms with van der Waals surface area (Å²) < 4.78 is 11.7. The van der Waals surface area contributed by atoms with Crippen LogP contribution in [-0.4, -0.2) is 25.6 Å². The van der Waals surface area contributed by atoms with Gasteiger partial charge in [0.1, 0.15) is 10.8 Å². The second-order valence-corrected chi connectivity index (χ2v) is 9.25. The lowest BCUT2D eigenvalue weighted by Gasteiger charge is -2.13. The molecule has 160 valence electrons. The largest absolute Gasteiger partial charge is 0.492 e.